The number of aliphatic carboxylic acids is 1. The zero-order valence-corrected chi connectivity index (χ0v) is 8.29. The van der Waals surface area contributed by atoms with E-state index in [4.69, 9.17) is 11.5 Å². The average Bonchev–Trinajstić information content (AvgIpc) is 2.04. The Morgan fingerprint density at radius 3 is 2.77 bits per heavy atom. The third kappa shape index (κ3) is 6.18. The van der Waals surface area contributed by atoms with E-state index in [2.05, 4.69) is 5.92 Å². The van der Waals surface area contributed by atoms with Crippen LogP contribution in [0, 0.1) is 18.3 Å². The molecule has 0 bridgehead atoms. The maximum atomic E-state index is 10.5. The lowest BCUT2D eigenvalue weighted by atomic mass is 10.1. The molecule has 0 aliphatic carbocycles. The maximum Gasteiger partial charge on any atom is 0.307 e. The van der Waals surface area contributed by atoms with Crippen LogP contribution in [0.15, 0.2) is 0 Å². The van der Waals surface area contributed by atoms with Gasteiger partial charge in [-0.15, -0.1) is 12.3 Å². The molecule has 0 fully saturated rings. The summed E-state index contributed by atoms with van der Waals surface area (Å²) in [6.45, 7) is 3.15. The molecule has 1 unspecified atom stereocenters. The van der Waals surface area contributed by atoms with E-state index in [-0.39, 0.29) is 5.92 Å². The quantitative estimate of drug-likeness (QED) is 0.494. The van der Waals surface area contributed by atoms with Crippen LogP contribution in [-0.4, -0.2) is 36.1 Å². The molecule has 0 rings (SSSR count). The van der Waals surface area contributed by atoms with E-state index in [1.54, 1.807) is 6.92 Å². The molecule has 0 heterocycles. The molecule has 0 saturated heterocycles. The lowest BCUT2D eigenvalue weighted by Gasteiger charge is -2.18. The van der Waals surface area contributed by atoms with E-state index < -0.39 is 5.97 Å². The third-order valence-corrected chi connectivity index (χ3v) is 1.87. The van der Waals surface area contributed by atoms with E-state index in [0.717, 1.165) is 19.4 Å². The van der Waals surface area contributed by atoms with E-state index >= 15 is 0 Å². The molecule has 74 valence electrons. The molecule has 3 heteroatoms. The highest BCUT2D eigenvalue weighted by atomic mass is 16.4. The van der Waals surface area contributed by atoms with E-state index in [9.17, 15) is 4.79 Å². The summed E-state index contributed by atoms with van der Waals surface area (Å²) < 4.78 is 0. The Balaban J connectivity index is 3.56. The van der Waals surface area contributed by atoms with Gasteiger partial charge in [-0.2, -0.15) is 0 Å². The summed E-state index contributed by atoms with van der Waals surface area (Å²) in [4.78, 5) is 12.5. The fourth-order valence-corrected chi connectivity index (χ4v) is 1.09. The molecule has 1 N–H and O–H groups in total. The minimum Gasteiger partial charge on any atom is -0.481 e. The first-order valence-electron chi connectivity index (χ1n) is 4.42. The molecule has 0 saturated carbocycles. The Morgan fingerprint density at radius 1 is 1.69 bits per heavy atom. The van der Waals surface area contributed by atoms with E-state index in [1.165, 1.54) is 0 Å². The van der Waals surface area contributed by atoms with Crippen LogP contribution in [0.25, 0.3) is 0 Å². The molecule has 0 aliphatic rings. The first-order chi connectivity index (χ1) is 6.07. The van der Waals surface area contributed by atoms with Crippen LogP contribution in [-0.2, 0) is 4.79 Å². The summed E-state index contributed by atoms with van der Waals surface area (Å²) in [5, 5.41) is 8.64. The van der Waals surface area contributed by atoms with Crippen molar-refractivity contribution in [1.82, 2.24) is 4.90 Å². The predicted molar refractivity (Wildman–Crippen MR) is 52.4 cm³/mol. The van der Waals surface area contributed by atoms with Crippen LogP contribution in [0.5, 0.6) is 0 Å². The highest BCUT2D eigenvalue weighted by molar-refractivity contribution is 5.69. The molecule has 0 aromatic carbocycles. The summed E-state index contributed by atoms with van der Waals surface area (Å²) in [6.07, 6.45) is 6.79. The fraction of sp³-hybridized carbons (Fsp3) is 0.700. The molecule has 0 amide bonds. The molecule has 3 nitrogen and oxygen atoms in total. The van der Waals surface area contributed by atoms with Gasteiger partial charge in [-0.25, -0.2) is 0 Å². The first kappa shape index (κ1) is 12.0. The molecule has 0 radical (unpaired) electrons. The van der Waals surface area contributed by atoms with Crippen LogP contribution in [0.1, 0.15) is 19.8 Å². The van der Waals surface area contributed by atoms with Crippen LogP contribution in [0.4, 0.5) is 0 Å². The number of unbranched alkanes of at least 4 members (excludes halogenated alkanes) is 1. The highest BCUT2D eigenvalue weighted by Crippen LogP contribution is 1.99. The van der Waals surface area contributed by atoms with Crippen molar-refractivity contribution in [3.8, 4) is 12.3 Å². The van der Waals surface area contributed by atoms with Gasteiger partial charge in [0.25, 0.3) is 0 Å². The van der Waals surface area contributed by atoms with E-state index in [1.807, 2.05) is 11.9 Å². The van der Waals surface area contributed by atoms with Crippen molar-refractivity contribution in [3.63, 3.8) is 0 Å². The van der Waals surface area contributed by atoms with Crippen LogP contribution >= 0.6 is 0 Å². The van der Waals surface area contributed by atoms with Crippen molar-refractivity contribution in [1.29, 1.82) is 0 Å². The molecule has 0 aromatic heterocycles. The number of carboxylic acids is 1. The summed E-state index contributed by atoms with van der Waals surface area (Å²) in [5.41, 5.74) is 0. The molecule has 0 aliphatic heterocycles. The van der Waals surface area contributed by atoms with Crippen molar-refractivity contribution in [2.75, 3.05) is 20.1 Å². The van der Waals surface area contributed by atoms with Crippen LogP contribution in [0.2, 0.25) is 0 Å². The largest absolute Gasteiger partial charge is 0.481 e. The smallest absolute Gasteiger partial charge is 0.307 e. The van der Waals surface area contributed by atoms with Crippen LogP contribution in [0.3, 0.4) is 0 Å². The van der Waals surface area contributed by atoms with Crippen molar-refractivity contribution in [3.05, 3.63) is 0 Å². The SMILES string of the molecule is C#CCCCN(C)CC(C)C(=O)O. The van der Waals surface area contributed by atoms with Crippen LogP contribution < -0.4 is 0 Å². The Hall–Kier alpha value is -1.01. The molecule has 0 aromatic rings. The van der Waals surface area contributed by atoms with Crippen molar-refractivity contribution in [2.24, 2.45) is 5.92 Å². The van der Waals surface area contributed by atoms with Gasteiger partial charge in [0.2, 0.25) is 0 Å². The summed E-state index contributed by atoms with van der Waals surface area (Å²) in [6, 6.07) is 0. The second-order valence-electron chi connectivity index (χ2n) is 3.31. The van der Waals surface area contributed by atoms with Crippen molar-refractivity contribution in [2.45, 2.75) is 19.8 Å². The number of nitrogens with zero attached hydrogens (tertiary/aromatic N) is 1. The van der Waals surface area contributed by atoms with E-state index in [0.29, 0.717) is 6.54 Å². The number of carboxylic acid groups (broad SMARTS) is 1. The van der Waals surface area contributed by atoms with Gasteiger partial charge in [0, 0.05) is 13.0 Å². The van der Waals surface area contributed by atoms with Gasteiger partial charge in [0.15, 0.2) is 0 Å². The zero-order valence-electron chi connectivity index (χ0n) is 8.29. The number of carbonyl (C=O) groups is 1. The summed E-state index contributed by atoms with van der Waals surface area (Å²) in [5.74, 6) is 1.50. The second-order valence-corrected chi connectivity index (χ2v) is 3.31. The monoisotopic (exact) mass is 183 g/mol. The normalized spacial score (nSPS) is 12.5. The van der Waals surface area contributed by atoms with Gasteiger partial charge >= 0.3 is 5.97 Å². The van der Waals surface area contributed by atoms with Gasteiger partial charge in [-0.3, -0.25) is 4.79 Å². The Morgan fingerprint density at radius 2 is 2.31 bits per heavy atom. The average molecular weight is 183 g/mol. The summed E-state index contributed by atoms with van der Waals surface area (Å²) >= 11 is 0. The number of hydrogen-bond donors (Lipinski definition) is 1. The number of terminal acetylenes is 1. The topological polar surface area (TPSA) is 40.5 Å². The minimum atomic E-state index is -0.746. The Kier molecular flexibility index (Phi) is 5.99. The molecule has 0 spiro atoms. The molecule has 1 atom stereocenters. The number of rotatable bonds is 6. The molecular formula is C10H17NO2. The van der Waals surface area contributed by atoms with Crippen molar-refractivity contribution >= 4 is 5.97 Å². The van der Waals surface area contributed by atoms with Gasteiger partial charge < -0.3 is 10.0 Å². The van der Waals surface area contributed by atoms with Gasteiger partial charge in [0.1, 0.15) is 0 Å². The third-order valence-electron chi connectivity index (χ3n) is 1.87. The van der Waals surface area contributed by atoms with Gasteiger partial charge in [-0.05, 0) is 20.0 Å². The van der Waals surface area contributed by atoms with Gasteiger partial charge in [0.05, 0.1) is 5.92 Å². The van der Waals surface area contributed by atoms with Gasteiger partial charge in [-0.1, -0.05) is 6.92 Å². The standard InChI is InChI=1S/C10H17NO2/c1-4-5-6-7-11(3)8-9(2)10(12)13/h1,9H,5-8H2,2-3H3,(H,12,13). The lowest BCUT2D eigenvalue weighted by Crippen LogP contribution is -2.29. The molecule has 13 heavy (non-hydrogen) atoms. The fourth-order valence-electron chi connectivity index (χ4n) is 1.09. The lowest BCUT2D eigenvalue weighted by molar-refractivity contribution is -0.141. The van der Waals surface area contributed by atoms with Crippen molar-refractivity contribution < 1.29 is 9.90 Å². The zero-order chi connectivity index (χ0) is 10.3. The molecular weight excluding hydrogens is 166 g/mol. The predicted octanol–water partition coefficient (Wildman–Crippen LogP) is 1.05. The Bertz CT molecular complexity index is 196. The Labute approximate surface area is 79.7 Å². The summed E-state index contributed by atoms with van der Waals surface area (Å²) in [7, 11) is 1.91. The highest BCUT2D eigenvalue weighted by Gasteiger charge is 2.12. The number of hydrogen-bond acceptors (Lipinski definition) is 2. The second kappa shape index (κ2) is 6.50. The minimum absolute atomic E-state index is 0.309. The first-order valence-corrected chi connectivity index (χ1v) is 4.42. The maximum absolute atomic E-state index is 10.5.